The van der Waals surface area contributed by atoms with E-state index in [1.54, 1.807) is 34.6 Å². The highest BCUT2D eigenvalue weighted by Gasteiger charge is 2.24. The maximum atomic E-state index is 12.1. The smallest absolute Gasteiger partial charge is 0.407 e. The van der Waals surface area contributed by atoms with Crippen LogP contribution in [-0.4, -0.2) is 52.2 Å². The van der Waals surface area contributed by atoms with Crippen LogP contribution in [0.1, 0.15) is 34.6 Å². The zero-order valence-electron chi connectivity index (χ0n) is 14.3. The molecule has 0 heterocycles. The highest BCUT2D eigenvalue weighted by Crippen LogP contribution is 2.02. The summed E-state index contributed by atoms with van der Waals surface area (Å²) in [5.41, 5.74) is 0. The lowest BCUT2D eigenvalue weighted by atomic mass is 10.0. The molecule has 0 aliphatic rings. The number of amides is 2. The van der Waals surface area contributed by atoms with Crippen LogP contribution in [0.15, 0.2) is 0 Å². The fraction of sp³-hybridized carbons (Fsp3) is 0.846. The van der Waals surface area contributed by atoms with Gasteiger partial charge in [-0.15, -0.1) is 0 Å². The van der Waals surface area contributed by atoms with Gasteiger partial charge in [-0.3, -0.25) is 4.79 Å². The van der Waals surface area contributed by atoms with E-state index in [4.69, 9.17) is 4.74 Å². The van der Waals surface area contributed by atoms with E-state index in [-0.39, 0.29) is 31.7 Å². The summed E-state index contributed by atoms with van der Waals surface area (Å²) in [7, 11) is -3.58. The second-order valence-electron chi connectivity index (χ2n) is 5.55. The maximum Gasteiger partial charge on any atom is 0.407 e. The van der Waals surface area contributed by atoms with Gasteiger partial charge >= 0.3 is 6.09 Å². The number of rotatable bonds is 10. The number of hydrogen-bond donors (Lipinski definition) is 4. The lowest BCUT2D eigenvalue weighted by Crippen LogP contribution is -2.51. The molecular formula is C13H28N4O5S. The van der Waals surface area contributed by atoms with Crippen LogP contribution in [0.4, 0.5) is 4.79 Å². The van der Waals surface area contributed by atoms with Crippen molar-refractivity contribution in [2.75, 3.05) is 19.7 Å². The van der Waals surface area contributed by atoms with Crippen LogP contribution in [-0.2, 0) is 19.7 Å². The molecule has 0 aromatic rings. The Bertz CT molecular complexity index is 479. The van der Waals surface area contributed by atoms with Gasteiger partial charge in [-0.1, -0.05) is 13.8 Å². The maximum absolute atomic E-state index is 12.1. The molecule has 10 heteroatoms. The molecule has 23 heavy (non-hydrogen) atoms. The second-order valence-corrected chi connectivity index (χ2v) is 7.08. The Kier molecular flexibility index (Phi) is 9.77. The van der Waals surface area contributed by atoms with Crippen molar-refractivity contribution in [1.29, 1.82) is 0 Å². The molecule has 0 aromatic heterocycles. The fourth-order valence-corrected chi connectivity index (χ4v) is 2.74. The van der Waals surface area contributed by atoms with E-state index in [0.29, 0.717) is 0 Å². The van der Waals surface area contributed by atoms with Crippen LogP contribution < -0.4 is 20.1 Å². The first-order valence-corrected chi connectivity index (χ1v) is 9.05. The summed E-state index contributed by atoms with van der Waals surface area (Å²) < 4.78 is 32.5. The highest BCUT2D eigenvalue weighted by molar-refractivity contribution is 7.87. The molecule has 0 spiro atoms. The Morgan fingerprint density at radius 3 is 2.17 bits per heavy atom. The van der Waals surface area contributed by atoms with Gasteiger partial charge in [-0.05, 0) is 26.7 Å². The SMILES string of the molecule is CCOC(=O)N[C@H](C(=O)NCCNS(=O)(=O)NC(C)C)C(C)C. The zero-order chi connectivity index (χ0) is 18.0. The van der Waals surface area contributed by atoms with E-state index >= 15 is 0 Å². The molecule has 0 aliphatic heterocycles. The van der Waals surface area contributed by atoms with E-state index in [2.05, 4.69) is 20.1 Å². The fourth-order valence-electron chi connectivity index (χ4n) is 1.67. The van der Waals surface area contributed by atoms with Gasteiger partial charge in [0.1, 0.15) is 6.04 Å². The van der Waals surface area contributed by atoms with Crippen molar-refractivity contribution in [3.63, 3.8) is 0 Å². The van der Waals surface area contributed by atoms with Crippen LogP contribution in [0.3, 0.4) is 0 Å². The molecule has 0 radical (unpaired) electrons. The van der Waals surface area contributed by atoms with Gasteiger partial charge in [0.15, 0.2) is 0 Å². The molecule has 0 aromatic carbocycles. The molecule has 136 valence electrons. The quantitative estimate of drug-likeness (QED) is 0.402. The van der Waals surface area contributed by atoms with Crippen molar-refractivity contribution in [2.45, 2.75) is 46.7 Å². The third-order valence-corrected chi connectivity index (χ3v) is 3.97. The third-order valence-electron chi connectivity index (χ3n) is 2.61. The van der Waals surface area contributed by atoms with E-state index in [1.165, 1.54) is 0 Å². The molecule has 9 nitrogen and oxygen atoms in total. The average molecular weight is 352 g/mol. The molecular weight excluding hydrogens is 324 g/mol. The largest absolute Gasteiger partial charge is 0.450 e. The number of hydrogen-bond acceptors (Lipinski definition) is 5. The molecule has 0 aliphatic carbocycles. The predicted octanol–water partition coefficient (Wildman–Crippen LogP) is -0.294. The minimum atomic E-state index is -3.58. The Morgan fingerprint density at radius 1 is 1.09 bits per heavy atom. The Labute approximate surface area is 138 Å². The molecule has 0 rings (SSSR count). The van der Waals surface area contributed by atoms with Gasteiger partial charge in [-0.25, -0.2) is 9.52 Å². The first-order chi connectivity index (χ1) is 10.6. The summed E-state index contributed by atoms with van der Waals surface area (Å²) >= 11 is 0. The van der Waals surface area contributed by atoms with E-state index in [0.717, 1.165) is 0 Å². The Morgan fingerprint density at radius 2 is 1.70 bits per heavy atom. The number of carbonyl (C=O) groups is 2. The number of carbonyl (C=O) groups excluding carboxylic acids is 2. The molecule has 0 bridgehead atoms. The van der Waals surface area contributed by atoms with Crippen molar-refractivity contribution in [1.82, 2.24) is 20.1 Å². The molecule has 0 unspecified atom stereocenters. The first-order valence-electron chi connectivity index (χ1n) is 7.57. The van der Waals surface area contributed by atoms with Crippen LogP contribution >= 0.6 is 0 Å². The van der Waals surface area contributed by atoms with Gasteiger partial charge in [0.25, 0.3) is 10.2 Å². The Hall–Kier alpha value is -1.39. The van der Waals surface area contributed by atoms with Gasteiger partial charge in [0, 0.05) is 19.1 Å². The summed E-state index contributed by atoms with van der Waals surface area (Å²) in [6.07, 6.45) is -0.664. The van der Waals surface area contributed by atoms with Gasteiger partial charge < -0.3 is 15.4 Å². The van der Waals surface area contributed by atoms with Gasteiger partial charge in [0.2, 0.25) is 5.91 Å². The summed E-state index contributed by atoms with van der Waals surface area (Å²) in [5.74, 6) is -0.539. The van der Waals surface area contributed by atoms with E-state index < -0.39 is 28.3 Å². The second kappa shape index (κ2) is 10.4. The lowest BCUT2D eigenvalue weighted by molar-refractivity contribution is -0.124. The van der Waals surface area contributed by atoms with Crippen LogP contribution in [0, 0.1) is 5.92 Å². The molecule has 1 atom stereocenters. The van der Waals surface area contributed by atoms with Crippen molar-refractivity contribution < 1.29 is 22.7 Å². The number of ether oxygens (including phenoxy) is 1. The number of alkyl carbamates (subject to hydrolysis) is 1. The Balaban J connectivity index is 4.31. The average Bonchev–Trinajstić information content (AvgIpc) is 2.39. The minimum Gasteiger partial charge on any atom is -0.450 e. The number of nitrogens with one attached hydrogen (secondary N) is 4. The monoisotopic (exact) mass is 352 g/mol. The van der Waals surface area contributed by atoms with Crippen LogP contribution in [0.25, 0.3) is 0 Å². The highest BCUT2D eigenvalue weighted by atomic mass is 32.2. The normalized spacial score (nSPS) is 13.0. The van der Waals surface area contributed by atoms with Crippen LogP contribution in [0.5, 0.6) is 0 Å². The third kappa shape index (κ3) is 10.1. The molecule has 0 saturated carbocycles. The van der Waals surface area contributed by atoms with Crippen molar-refractivity contribution in [2.24, 2.45) is 5.92 Å². The summed E-state index contributed by atoms with van der Waals surface area (Å²) in [4.78, 5) is 23.5. The van der Waals surface area contributed by atoms with E-state index in [9.17, 15) is 18.0 Å². The van der Waals surface area contributed by atoms with Crippen molar-refractivity contribution >= 4 is 22.2 Å². The van der Waals surface area contributed by atoms with E-state index in [1.807, 2.05) is 0 Å². The van der Waals surface area contributed by atoms with Crippen molar-refractivity contribution in [3.05, 3.63) is 0 Å². The molecule has 0 fully saturated rings. The summed E-state index contributed by atoms with van der Waals surface area (Å²) in [5, 5.41) is 5.05. The van der Waals surface area contributed by atoms with Crippen molar-refractivity contribution in [3.8, 4) is 0 Å². The predicted molar refractivity (Wildman–Crippen MR) is 87.0 cm³/mol. The molecule has 2 amide bonds. The molecule has 4 N–H and O–H groups in total. The van der Waals surface area contributed by atoms with Gasteiger partial charge in [0.05, 0.1) is 6.61 Å². The summed E-state index contributed by atoms with van der Waals surface area (Å²) in [6, 6.07) is -0.972. The first kappa shape index (κ1) is 21.6. The topological polar surface area (TPSA) is 126 Å². The van der Waals surface area contributed by atoms with Crippen LogP contribution in [0.2, 0.25) is 0 Å². The summed E-state index contributed by atoms with van der Waals surface area (Å²) in [6.45, 7) is 9.00. The van der Waals surface area contributed by atoms with Gasteiger partial charge in [-0.2, -0.15) is 13.1 Å². The zero-order valence-corrected chi connectivity index (χ0v) is 15.1. The molecule has 0 saturated heterocycles. The lowest BCUT2D eigenvalue weighted by Gasteiger charge is -2.21. The standard InChI is InChI=1S/C13H28N4O5S/c1-6-22-13(19)16-11(9(2)3)12(18)14-7-8-15-23(20,21)17-10(4)5/h9-11,15,17H,6-8H2,1-5H3,(H,14,18)(H,16,19)/t11-/m0/s1. The minimum absolute atomic E-state index is 0.0397.